The van der Waals surface area contributed by atoms with Gasteiger partial charge in [0.2, 0.25) is 0 Å². The maximum atomic E-state index is 12.4. The SMILES string of the molecule is CCN1CCc2cc(OC)c(OC)cc2C1[C@H]1C[C@H](C(=O)O)CC[C@]12c1cc(OC)c(OC)cc1CCN2C. The summed E-state index contributed by atoms with van der Waals surface area (Å²) in [6.45, 7) is 4.89. The van der Waals surface area contributed by atoms with Gasteiger partial charge < -0.3 is 24.1 Å². The Labute approximate surface area is 231 Å². The molecule has 5 rings (SSSR count). The van der Waals surface area contributed by atoms with Crippen molar-refractivity contribution < 1.29 is 28.8 Å². The molecule has 8 nitrogen and oxygen atoms in total. The fraction of sp³-hybridized carbons (Fsp3) is 0.581. The van der Waals surface area contributed by atoms with Gasteiger partial charge in [0.15, 0.2) is 23.0 Å². The Kier molecular flexibility index (Phi) is 7.71. The molecule has 0 bridgehead atoms. The van der Waals surface area contributed by atoms with Gasteiger partial charge in [-0.25, -0.2) is 0 Å². The van der Waals surface area contributed by atoms with E-state index in [1.165, 1.54) is 22.3 Å². The quantitative estimate of drug-likeness (QED) is 0.551. The largest absolute Gasteiger partial charge is 0.493 e. The van der Waals surface area contributed by atoms with Gasteiger partial charge in [0, 0.05) is 25.0 Å². The van der Waals surface area contributed by atoms with E-state index in [1.54, 1.807) is 28.4 Å². The lowest BCUT2D eigenvalue weighted by molar-refractivity contribution is -0.147. The summed E-state index contributed by atoms with van der Waals surface area (Å²) in [5.74, 6) is 1.85. The zero-order chi connectivity index (χ0) is 27.9. The van der Waals surface area contributed by atoms with E-state index in [-0.39, 0.29) is 23.4 Å². The Balaban J connectivity index is 1.75. The number of ether oxygens (including phenoxy) is 4. The number of hydrogen-bond acceptors (Lipinski definition) is 7. The smallest absolute Gasteiger partial charge is 0.306 e. The molecule has 0 aromatic heterocycles. The molecule has 212 valence electrons. The number of methoxy groups -OCH3 is 4. The predicted octanol–water partition coefficient (Wildman–Crippen LogP) is 4.52. The first-order valence-corrected chi connectivity index (χ1v) is 14.0. The molecule has 8 heteroatoms. The number of hydrogen-bond donors (Lipinski definition) is 1. The van der Waals surface area contributed by atoms with Crippen LogP contribution in [0.3, 0.4) is 0 Å². The van der Waals surface area contributed by atoms with Gasteiger partial charge in [-0.3, -0.25) is 14.6 Å². The first kappa shape index (κ1) is 27.6. The number of likely N-dealkylation sites (N-methyl/N-ethyl adjacent to an activating group) is 2. The topological polar surface area (TPSA) is 80.7 Å². The molecular weight excluding hydrogens is 496 g/mol. The highest BCUT2D eigenvalue weighted by atomic mass is 16.5. The van der Waals surface area contributed by atoms with Crippen molar-refractivity contribution in [3.63, 3.8) is 0 Å². The third-order valence-corrected chi connectivity index (χ3v) is 9.66. The summed E-state index contributed by atoms with van der Waals surface area (Å²) in [6.07, 6.45) is 3.83. The summed E-state index contributed by atoms with van der Waals surface area (Å²) < 4.78 is 22.9. The van der Waals surface area contributed by atoms with Crippen LogP contribution < -0.4 is 18.9 Å². The van der Waals surface area contributed by atoms with E-state index in [4.69, 9.17) is 18.9 Å². The highest BCUT2D eigenvalue weighted by Gasteiger charge is 2.55. The molecule has 1 spiro atoms. The molecule has 0 saturated heterocycles. The van der Waals surface area contributed by atoms with Crippen LogP contribution in [-0.2, 0) is 23.2 Å². The minimum absolute atomic E-state index is 0.0298. The lowest BCUT2D eigenvalue weighted by atomic mass is 9.58. The molecule has 39 heavy (non-hydrogen) atoms. The molecule has 0 amide bonds. The Hall–Kier alpha value is -2.97. The van der Waals surface area contributed by atoms with Crippen LogP contribution in [0.1, 0.15) is 54.5 Å². The average molecular weight is 539 g/mol. The standard InChI is InChI=1S/C31H42N2O6/c1-7-33-13-10-19-15-25(36-3)27(38-5)17-22(19)29(33)24-14-21(30(34)35)8-11-31(24)23-18-28(39-6)26(37-4)16-20(23)9-12-32(31)2/h15-18,21,24,29H,7-14H2,1-6H3,(H,34,35)/t21-,24-,29?,31+/m1/s1. The Morgan fingerprint density at radius 2 is 1.51 bits per heavy atom. The highest BCUT2D eigenvalue weighted by molar-refractivity contribution is 5.70. The predicted molar refractivity (Wildman–Crippen MR) is 149 cm³/mol. The molecule has 2 aromatic rings. The first-order chi connectivity index (χ1) is 18.8. The minimum atomic E-state index is -0.702. The fourth-order valence-electron chi connectivity index (χ4n) is 7.70. The molecule has 1 N–H and O–H groups in total. The Morgan fingerprint density at radius 1 is 0.923 bits per heavy atom. The molecule has 1 unspecified atom stereocenters. The molecule has 0 radical (unpaired) electrons. The lowest BCUT2D eigenvalue weighted by Gasteiger charge is -2.58. The van der Waals surface area contributed by atoms with Gasteiger partial charge in [-0.15, -0.1) is 0 Å². The summed E-state index contributed by atoms with van der Waals surface area (Å²) in [7, 11) is 8.91. The number of aliphatic carboxylic acids is 1. The summed E-state index contributed by atoms with van der Waals surface area (Å²) in [4.78, 5) is 17.5. The number of fused-ring (bicyclic) bond motifs is 3. The van der Waals surface area contributed by atoms with Crippen LogP contribution in [0.15, 0.2) is 24.3 Å². The molecular formula is C31H42N2O6. The number of rotatable bonds is 7. The number of carboxylic acid groups (broad SMARTS) is 1. The Bertz CT molecular complexity index is 1230. The molecule has 1 fully saturated rings. The van der Waals surface area contributed by atoms with Crippen molar-refractivity contribution in [1.82, 2.24) is 9.80 Å². The van der Waals surface area contributed by atoms with Crippen molar-refractivity contribution in [2.24, 2.45) is 11.8 Å². The summed E-state index contributed by atoms with van der Waals surface area (Å²) in [5.41, 5.74) is 4.62. The monoisotopic (exact) mass is 538 g/mol. The normalized spacial score (nSPS) is 27.0. The van der Waals surface area contributed by atoms with Crippen LogP contribution in [-0.4, -0.2) is 76.0 Å². The van der Waals surface area contributed by atoms with Gasteiger partial charge in [0.1, 0.15) is 0 Å². The fourth-order valence-corrected chi connectivity index (χ4v) is 7.70. The summed E-state index contributed by atoms with van der Waals surface area (Å²) in [5, 5.41) is 10.2. The van der Waals surface area contributed by atoms with Crippen molar-refractivity contribution in [2.75, 3.05) is 55.1 Å². The number of carboxylic acids is 1. The molecule has 2 aromatic carbocycles. The third-order valence-electron chi connectivity index (χ3n) is 9.66. The maximum absolute atomic E-state index is 12.4. The first-order valence-electron chi connectivity index (χ1n) is 14.0. The number of benzene rings is 2. The van der Waals surface area contributed by atoms with Gasteiger partial charge >= 0.3 is 5.97 Å². The minimum Gasteiger partial charge on any atom is -0.493 e. The van der Waals surface area contributed by atoms with E-state index in [1.807, 2.05) is 0 Å². The molecule has 2 heterocycles. The third kappa shape index (κ3) is 4.42. The van der Waals surface area contributed by atoms with Crippen molar-refractivity contribution >= 4 is 5.97 Å². The van der Waals surface area contributed by atoms with Gasteiger partial charge in [-0.1, -0.05) is 6.92 Å². The van der Waals surface area contributed by atoms with Crippen LogP contribution in [0.5, 0.6) is 23.0 Å². The zero-order valence-electron chi connectivity index (χ0n) is 24.1. The molecule has 3 aliphatic rings. The average Bonchev–Trinajstić information content (AvgIpc) is 2.97. The lowest BCUT2D eigenvalue weighted by Crippen LogP contribution is -2.59. The second-order valence-electron chi connectivity index (χ2n) is 11.1. The number of carbonyl (C=O) groups is 1. The summed E-state index contributed by atoms with van der Waals surface area (Å²) in [6, 6.07) is 8.57. The van der Waals surface area contributed by atoms with Crippen molar-refractivity contribution in [1.29, 1.82) is 0 Å². The van der Waals surface area contributed by atoms with Crippen LogP contribution >= 0.6 is 0 Å². The number of nitrogens with zero attached hydrogens (tertiary/aromatic N) is 2. The second kappa shape index (κ2) is 10.9. The van der Waals surface area contributed by atoms with Crippen LogP contribution in [0.2, 0.25) is 0 Å². The molecule has 2 aliphatic heterocycles. The molecule has 1 saturated carbocycles. The van der Waals surface area contributed by atoms with E-state index in [0.717, 1.165) is 50.4 Å². The second-order valence-corrected chi connectivity index (χ2v) is 11.1. The van der Waals surface area contributed by atoms with Crippen molar-refractivity contribution in [3.05, 3.63) is 46.5 Å². The maximum Gasteiger partial charge on any atom is 0.306 e. The molecule has 4 atom stereocenters. The van der Waals surface area contributed by atoms with Crippen molar-refractivity contribution in [2.45, 2.75) is 50.6 Å². The highest BCUT2D eigenvalue weighted by Crippen LogP contribution is 2.58. The van der Waals surface area contributed by atoms with Gasteiger partial charge in [0.05, 0.1) is 39.9 Å². The van der Waals surface area contributed by atoms with Gasteiger partial charge in [0.25, 0.3) is 0 Å². The van der Waals surface area contributed by atoms with Crippen LogP contribution in [0.25, 0.3) is 0 Å². The van der Waals surface area contributed by atoms with E-state index in [2.05, 4.69) is 48.0 Å². The zero-order valence-corrected chi connectivity index (χ0v) is 24.1. The van der Waals surface area contributed by atoms with E-state index < -0.39 is 5.97 Å². The van der Waals surface area contributed by atoms with E-state index >= 15 is 0 Å². The van der Waals surface area contributed by atoms with Crippen LogP contribution in [0.4, 0.5) is 0 Å². The van der Waals surface area contributed by atoms with Gasteiger partial charge in [-0.2, -0.15) is 0 Å². The molecule has 1 aliphatic carbocycles. The van der Waals surface area contributed by atoms with Crippen LogP contribution in [0, 0.1) is 11.8 Å². The van der Waals surface area contributed by atoms with Gasteiger partial charge in [-0.05, 0) is 92.2 Å². The van der Waals surface area contributed by atoms with Crippen molar-refractivity contribution in [3.8, 4) is 23.0 Å². The van der Waals surface area contributed by atoms with E-state index in [9.17, 15) is 9.90 Å². The van der Waals surface area contributed by atoms with E-state index in [0.29, 0.717) is 24.3 Å². The Morgan fingerprint density at radius 3 is 2.13 bits per heavy atom. The summed E-state index contributed by atoms with van der Waals surface area (Å²) >= 11 is 0.